The Morgan fingerprint density at radius 1 is 1.20 bits per heavy atom. The van der Waals surface area contributed by atoms with Crippen LogP contribution < -0.4 is 0 Å². The van der Waals surface area contributed by atoms with E-state index in [2.05, 4.69) is 18.0 Å². The normalized spacial score (nSPS) is 12.7. The second-order valence-electron chi connectivity index (χ2n) is 3.13. The van der Waals surface area contributed by atoms with Gasteiger partial charge in [0, 0.05) is 10.0 Å². The smallest absolute Gasteiger partial charge is 0.0539 e. The highest BCUT2D eigenvalue weighted by molar-refractivity contribution is 7.80. The number of thiol groups is 1. The van der Waals surface area contributed by atoms with Crippen LogP contribution in [0.25, 0.3) is 0 Å². The second-order valence-corrected chi connectivity index (χ2v) is 5.27. The minimum atomic E-state index is -0.0116. The molecule has 4 heteroatoms. The Hall–Kier alpha value is -0.150. The summed E-state index contributed by atoms with van der Waals surface area (Å²) in [6.07, 6.45) is 0. The lowest BCUT2D eigenvalue weighted by Crippen LogP contribution is -1.92. The average Bonchev–Trinajstić information content (AvgIpc) is 2.74. The van der Waals surface area contributed by atoms with Gasteiger partial charge in [-0.1, -0.05) is 23.2 Å². The SMILES string of the molecule is SC(c1ccsc1)c1cc(Cl)ccc1Cl. The molecule has 2 aromatic rings. The molecule has 1 aromatic heterocycles. The first kappa shape index (κ1) is 11.3. The van der Waals surface area contributed by atoms with E-state index < -0.39 is 0 Å². The third-order valence-electron chi connectivity index (χ3n) is 2.11. The van der Waals surface area contributed by atoms with Gasteiger partial charge in [-0.05, 0) is 46.2 Å². The zero-order valence-electron chi connectivity index (χ0n) is 7.65. The maximum Gasteiger partial charge on any atom is 0.0539 e. The van der Waals surface area contributed by atoms with Crippen LogP contribution in [0.4, 0.5) is 0 Å². The molecular weight excluding hydrogens is 267 g/mol. The van der Waals surface area contributed by atoms with Crippen LogP contribution >= 0.6 is 47.2 Å². The van der Waals surface area contributed by atoms with Gasteiger partial charge in [0.25, 0.3) is 0 Å². The van der Waals surface area contributed by atoms with E-state index in [1.807, 2.05) is 17.5 Å². The molecule has 1 aromatic carbocycles. The maximum atomic E-state index is 6.10. The molecule has 0 radical (unpaired) electrons. The van der Waals surface area contributed by atoms with Crippen molar-refractivity contribution >= 4 is 47.2 Å². The standard InChI is InChI=1S/C11H8Cl2S2/c12-8-1-2-10(13)9(5-8)11(14)7-3-4-15-6-7/h1-6,11,14H. The molecule has 0 N–H and O–H groups in total. The van der Waals surface area contributed by atoms with E-state index in [0.717, 1.165) is 11.1 Å². The summed E-state index contributed by atoms with van der Waals surface area (Å²) in [5, 5.41) is 5.46. The van der Waals surface area contributed by atoms with Gasteiger partial charge < -0.3 is 0 Å². The zero-order valence-corrected chi connectivity index (χ0v) is 10.9. The van der Waals surface area contributed by atoms with Crippen LogP contribution in [-0.2, 0) is 0 Å². The fourth-order valence-corrected chi connectivity index (χ4v) is 2.98. The van der Waals surface area contributed by atoms with Crippen LogP contribution in [-0.4, -0.2) is 0 Å². The molecule has 0 amide bonds. The van der Waals surface area contributed by atoms with Crippen molar-refractivity contribution in [3.05, 3.63) is 56.2 Å². The van der Waals surface area contributed by atoms with Gasteiger partial charge in [-0.25, -0.2) is 0 Å². The lowest BCUT2D eigenvalue weighted by Gasteiger charge is -2.11. The third kappa shape index (κ3) is 2.51. The molecule has 0 bridgehead atoms. The first-order chi connectivity index (χ1) is 7.18. The molecule has 78 valence electrons. The summed E-state index contributed by atoms with van der Waals surface area (Å²) in [6.45, 7) is 0. The van der Waals surface area contributed by atoms with Gasteiger partial charge in [0.2, 0.25) is 0 Å². The van der Waals surface area contributed by atoms with E-state index in [1.54, 1.807) is 23.5 Å². The second kappa shape index (κ2) is 4.79. The van der Waals surface area contributed by atoms with Gasteiger partial charge >= 0.3 is 0 Å². The molecule has 15 heavy (non-hydrogen) atoms. The van der Waals surface area contributed by atoms with E-state index in [0.29, 0.717) is 10.0 Å². The molecule has 0 fully saturated rings. The summed E-state index contributed by atoms with van der Waals surface area (Å²) in [4.78, 5) is 0. The molecule has 0 aliphatic heterocycles. The Bertz CT molecular complexity index is 452. The molecule has 1 unspecified atom stereocenters. The van der Waals surface area contributed by atoms with E-state index in [4.69, 9.17) is 23.2 Å². The Morgan fingerprint density at radius 2 is 2.00 bits per heavy atom. The monoisotopic (exact) mass is 274 g/mol. The van der Waals surface area contributed by atoms with Crippen LogP contribution in [0.5, 0.6) is 0 Å². The average molecular weight is 275 g/mol. The van der Waals surface area contributed by atoms with Gasteiger partial charge in [0.1, 0.15) is 0 Å². The number of thiophene rings is 1. The number of benzene rings is 1. The lowest BCUT2D eigenvalue weighted by molar-refractivity contribution is 1.18. The van der Waals surface area contributed by atoms with Gasteiger partial charge in [-0.2, -0.15) is 24.0 Å². The van der Waals surface area contributed by atoms with Crippen molar-refractivity contribution in [2.75, 3.05) is 0 Å². The molecule has 0 saturated heterocycles. The van der Waals surface area contributed by atoms with E-state index in [1.165, 1.54) is 0 Å². The predicted molar refractivity (Wildman–Crippen MR) is 71.6 cm³/mol. The molecular formula is C11H8Cl2S2. The van der Waals surface area contributed by atoms with E-state index >= 15 is 0 Å². The summed E-state index contributed by atoms with van der Waals surface area (Å²) in [5.41, 5.74) is 2.10. The Labute approximate surface area is 108 Å². The summed E-state index contributed by atoms with van der Waals surface area (Å²) < 4.78 is 0. The van der Waals surface area contributed by atoms with Gasteiger partial charge in [0.05, 0.1) is 5.25 Å². The first-order valence-electron chi connectivity index (χ1n) is 4.33. The topological polar surface area (TPSA) is 0 Å². The molecule has 0 nitrogen and oxygen atoms in total. The van der Waals surface area contributed by atoms with Crippen molar-refractivity contribution in [3.8, 4) is 0 Å². The molecule has 1 heterocycles. The minimum Gasteiger partial charge on any atom is -0.166 e. The highest BCUT2D eigenvalue weighted by atomic mass is 35.5. The number of halogens is 2. The van der Waals surface area contributed by atoms with E-state index in [9.17, 15) is 0 Å². The van der Waals surface area contributed by atoms with Crippen molar-refractivity contribution in [2.45, 2.75) is 5.25 Å². The fourth-order valence-electron chi connectivity index (χ4n) is 1.33. The van der Waals surface area contributed by atoms with Crippen LogP contribution in [0.1, 0.15) is 16.4 Å². The van der Waals surface area contributed by atoms with E-state index in [-0.39, 0.29) is 5.25 Å². The molecule has 0 aliphatic carbocycles. The highest BCUT2D eigenvalue weighted by Crippen LogP contribution is 2.35. The van der Waals surface area contributed by atoms with Gasteiger partial charge in [-0.15, -0.1) is 0 Å². The summed E-state index contributed by atoms with van der Waals surface area (Å²) in [6, 6.07) is 7.48. The zero-order chi connectivity index (χ0) is 10.8. The summed E-state index contributed by atoms with van der Waals surface area (Å²) >= 11 is 18.2. The van der Waals surface area contributed by atoms with Crippen LogP contribution in [0.3, 0.4) is 0 Å². The van der Waals surface area contributed by atoms with Crippen LogP contribution in [0, 0.1) is 0 Å². The third-order valence-corrected chi connectivity index (χ3v) is 3.97. The summed E-state index contributed by atoms with van der Waals surface area (Å²) in [5.74, 6) is 0. The first-order valence-corrected chi connectivity index (χ1v) is 6.55. The maximum absolute atomic E-state index is 6.10. The predicted octanol–water partition coefficient (Wildman–Crippen LogP) is 5.07. The fraction of sp³-hybridized carbons (Fsp3) is 0.0909. The Kier molecular flexibility index (Phi) is 3.62. The summed E-state index contributed by atoms with van der Waals surface area (Å²) in [7, 11) is 0. The highest BCUT2D eigenvalue weighted by Gasteiger charge is 2.13. The minimum absolute atomic E-state index is 0.0116. The number of rotatable bonds is 2. The van der Waals surface area contributed by atoms with Crippen LogP contribution in [0.15, 0.2) is 35.0 Å². The van der Waals surface area contributed by atoms with Crippen molar-refractivity contribution in [1.82, 2.24) is 0 Å². The van der Waals surface area contributed by atoms with Gasteiger partial charge in [-0.3, -0.25) is 0 Å². The van der Waals surface area contributed by atoms with Gasteiger partial charge in [0.15, 0.2) is 0 Å². The molecule has 1 atom stereocenters. The number of hydrogen-bond acceptors (Lipinski definition) is 2. The Morgan fingerprint density at radius 3 is 2.67 bits per heavy atom. The largest absolute Gasteiger partial charge is 0.166 e. The number of hydrogen-bond donors (Lipinski definition) is 1. The Balaban J connectivity index is 2.41. The molecule has 0 aliphatic rings. The molecule has 0 spiro atoms. The van der Waals surface area contributed by atoms with Crippen LogP contribution in [0.2, 0.25) is 10.0 Å². The molecule has 2 rings (SSSR count). The van der Waals surface area contributed by atoms with Crippen molar-refractivity contribution in [3.63, 3.8) is 0 Å². The van der Waals surface area contributed by atoms with Crippen molar-refractivity contribution in [2.24, 2.45) is 0 Å². The quantitative estimate of drug-likeness (QED) is 0.726. The van der Waals surface area contributed by atoms with Crippen molar-refractivity contribution in [1.29, 1.82) is 0 Å². The lowest BCUT2D eigenvalue weighted by atomic mass is 10.1. The molecule has 0 saturated carbocycles. The van der Waals surface area contributed by atoms with Crippen molar-refractivity contribution < 1.29 is 0 Å².